The van der Waals surface area contributed by atoms with Gasteiger partial charge in [0.15, 0.2) is 0 Å². The lowest BCUT2D eigenvalue weighted by atomic mass is 10.1. The van der Waals surface area contributed by atoms with Crippen LogP contribution in [0.2, 0.25) is 0 Å². The Morgan fingerprint density at radius 3 is 2.52 bits per heavy atom. The first-order chi connectivity index (χ1) is 13.8. The zero-order valence-electron chi connectivity index (χ0n) is 15.3. The summed E-state index contributed by atoms with van der Waals surface area (Å²) < 4.78 is 0.0912. The first kappa shape index (κ1) is 21.3. The predicted octanol–water partition coefficient (Wildman–Crippen LogP) is 3.50. The third kappa shape index (κ3) is 4.78. The summed E-state index contributed by atoms with van der Waals surface area (Å²) in [4.78, 5) is 50.3. The van der Waals surface area contributed by atoms with Crippen LogP contribution in [0.3, 0.4) is 0 Å². The van der Waals surface area contributed by atoms with Gasteiger partial charge in [-0.25, -0.2) is 0 Å². The SMILES string of the molecule is O=C(CN1C(=O)SC(=Cc2cc(Br)c(O)c([N+](=O)[O-])c2)C1=O)N1CCCCCC1. The number of benzene rings is 1. The van der Waals surface area contributed by atoms with E-state index in [9.17, 15) is 29.6 Å². The molecule has 9 nitrogen and oxygen atoms in total. The summed E-state index contributed by atoms with van der Waals surface area (Å²) in [6.07, 6.45) is 5.26. The summed E-state index contributed by atoms with van der Waals surface area (Å²) in [5.74, 6) is -1.41. The number of thioether (sulfide) groups is 1. The minimum Gasteiger partial charge on any atom is -0.501 e. The van der Waals surface area contributed by atoms with Crippen LogP contribution in [0.15, 0.2) is 21.5 Å². The molecule has 0 bridgehead atoms. The van der Waals surface area contributed by atoms with Crippen LogP contribution >= 0.6 is 27.7 Å². The van der Waals surface area contributed by atoms with Crippen molar-refractivity contribution in [1.29, 1.82) is 0 Å². The molecule has 2 fully saturated rings. The number of amides is 3. The first-order valence-electron chi connectivity index (χ1n) is 8.98. The maximum Gasteiger partial charge on any atom is 0.312 e. The van der Waals surface area contributed by atoms with Crippen molar-refractivity contribution >= 4 is 56.5 Å². The molecule has 2 aliphatic rings. The van der Waals surface area contributed by atoms with E-state index in [4.69, 9.17) is 0 Å². The normalized spacial score (nSPS) is 19.0. The van der Waals surface area contributed by atoms with Crippen LogP contribution < -0.4 is 0 Å². The minimum absolute atomic E-state index is 0.0607. The molecule has 1 aromatic carbocycles. The predicted molar refractivity (Wildman–Crippen MR) is 110 cm³/mol. The molecule has 0 atom stereocenters. The third-order valence-corrected chi connectivity index (χ3v) is 6.20. The zero-order valence-corrected chi connectivity index (χ0v) is 17.7. The number of phenolic OH excluding ortho intramolecular Hbond substituents is 1. The van der Waals surface area contributed by atoms with Crippen molar-refractivity contribution in [1.82, 2.24) is 9.80 Å². The quantitative estimate of drug-likeness (QED) is 0.395. The number of carbonyl (C=O) groups is 3. The number of likely N-dealkylation sites (tertiary alicyclic amines) is 1. The van der Waals surface area contributed by atoms with E-state index in [0.717, 1.165) is 36.6 Å². The Labute approximate surface area is 179 Å². The lowest BCUT2D eigenvalue weighted by molar-refractivity contribution is -0.386. The van der Waals surface area contributed by atoms with E-state index in [0.29, 0.717) is 24.9 Å². The molecule has 11 heteroatoms. The van der Waals surface area contributed by atoms with E-state index in [1.165, 1.54) is 12.1 Å². The third-order valence-electron chi connectivity index (χ3n) is 4.69. The van der Waals surface area contributed by atoms with Crippen LogP contribution in [0, 0.1) is 10.1 Å². The van der Waals surface area contributed by atoms with Crippen molar-refractivity contribution in [2.45, 2.75) is 25.7 Å². The largest absolute Gasteiger partial charge is 0.501 e. The Hall–Kier alpha value is -2.40. The lowest BCUT2D eigenvalue weighted by Gasteiger charge is -2.22. The molecule has 3 rings (SSSR count). The fourth-order valence-corrected chi connectivity index (χ4v) is 4.48. The molecule has 0 saturated carbocycles. The van der Waals surface area contributed by atoms with Gasteiger partial charge in [0, 0.05) is 19.2 Å². The molecule has 2 aliphatic heterocycles. The van der Waals surface area contributed by atoms with Gasteiger partial charge in [0.2, 0.25) is 11.7 Å². The number of rotatable bonds is 4. The lowest BCUT2D eigenvalue weighted by Crippen LogP contribution is -2.42. The molecule has 3 amide bonds. The fraction of sp³-hybridized carbons (Fsp3) is 0.389. The molecular weight excluding hydrogens is 466 g/mol. The summed E-state index contributed by atoms with van der Waals surface area (Å²) in [7, 11) is 0. The van der Waals surface area contributed by atoms with Gasteiger partial charge < -0.3 is 10.0 Å². The van der Waals surface area contributed by atoms with Gasteiger partial charge in [0.05, 0.1) is 14.3 Å². The molecule has 2 saturated heterocycles. The number of imide groups is 1. The number of nitrogens with zero attached hydrogens (tertiary/aromatic N) is 3. The maximum atomic E-state index is 12.6. The second-order valence-corrected chi connectivity index (χ2v) is 8.54. The topological polar surface area (TPSA) is 121 Å². The molecule has 0 aromatic heterocycles. The van der Waals surface area contributed by atoms with Gasteiger partial charge in [-0.1, -0.05) is 12.8 Å². The summed E-state index contributed by atoms with van der Waals surface area (Å²) in [5, 5.41) is 20.2. The highest BCUT2D eigenvalue weighted by Gasteiger charge is 2.37. The summed E-state index contributed by atoms with van der Waals surface area (Å²) in [6.45, 7) is 0.924. The number of aromatic hydroxyl groups is 1. The zero-order chi connectivity index (χ0) is 21.1. The highest BCUT2D eigenvalue weighted by molar-refractivity contribution is 9.10. The Morgan fingerprint density at radius 2 is 1.90 bits per heavy atom. The molecule has 0 radical (unpaired) electrons. The number of carbonyl (C=O) groups excluding carboxylic acids is 3. The average molecular weight is 484 g/mol. The molecule has 1 N–H and O–H groups in total. The van der Waals surface area contributed by atoms with Gasteiger partial charge in [-0.15, -0.1) is 0 Å². The van der Waals surface area contributed by atoms with E-state index in [1.807, 2.05) is 0 Å². The highest BCUT2D eigenvalue weighted by Crippen LogP contribution is 2.38. The summed E-state index contributed by atoms with van der Waals surface area (Å²) >= 11 is 3.71. The number of nitro groups is 1. The van der Waals surface area contributed by atoms with E-state index in [1.54, 1.807) is 4.90 Å². The standard InChI is InChI=1S/C18H18BrN3O6S/c19-12-7-11(8-13(16(12)24)22(27)28)9-14-17(25)21(18(26)29-14)10-15(23)20-5-3-1-2-4-6-20/h7-9,24H,1-6,10H2. The molecule has 0 unspecified atom stereocenters. The monoisotopic (exact) mass is 483 g/mol. The number of hydrogen-bond donors (Lipinski definition) is 1. The van der Waals surface area contributed by atoms with Gasteiger partial charge in [0.25, 0.3) is 11.1 Å². The molecule has 0 spiro atoms. The van der Waals surface area contributed by atoms with Crippen molar-refractivity contribution in [2.24, 2.45) is 0 Å². The average Bonchev–Trinajstić information content (AvgIpc) is 2.87. The number of phenols is 1. The molecule has 2 heterocycles. The minimum atomic E-state index is -0.747. The van der Waals surface area contributed by atoms with E-state index >= 15 is 0 Å². The van der Waals surface area contributed by atoms with Crippen molar-refractivity contribution in [3.63, 3.8) is 0 Å². The fourth-order valence-electron chi connectivity index (χ4n) is 3.17. The molecule has 0 aliphatic carbocycles. The second-order valence-electron chi connectivity index (χ2n) is 6.69. The van der Waals surface area contributed by atoms with Crippen LogP contribution in [0.1, 0.15) is 31.2 Å². The van der Waals surface area contributed by atoms with Gasteiger partial charge in [-0.05, 0) is 58.2 Å². The van der Waals surface area contributed by atoms with Crippen LogP contribution in [-0.2, 0) is 9.59 Å². The Morgan fingerprint density at radius 1 is 1.24 bits per heavy atom. The van der Waals surface area contributed by atoms with Crippen molar-refractivity contribution in [3.8, 4) is 5.75 Å². The Kier molecular flexibility index (Phi) is 6.58. The Balaban J connectivity index is 1.78. The molecule has 29 heavy (non-hydrogen) atoms. The van der Waals surface area contributed by atoms with Crippen molar-refractivity contribution in [2.75, 3.05) is 19.6 Å². The molecule has 154 valence electrons. The highest BCUT2D eigenvalue weighted by atomic mass is 79.9. The van der Waals surface area contributed by atoms with Gasteiger partial charge in [0.1, 0.15) is 6.54 Å². The first-order valence-corrected chi connectivity index (χ1v) is 10.6. The number of hydrogen-bond acceptors (Lipinski definition) is 7. The van der Waals surface area contributed by atoms with Gasteiger partial charge in [-0.3, -0.25) is 29.4 Å². The summed E-state index contributed by atoms with van der Waals surface area (Å²) in [5.41, 5.74) is -0.257. The van der Waals surface area contributed by atoms with Gasteiger partial charge >= 0.3 is 5.69 Å². The number of halogens is 1. The van der Waals surface area contributed by atoms with E-state index < -0.39 is 27.5 Å². The smallest absolute Gasteiger partial charge is 0.312 e. The van der Waals surface area contributed by atoms with Crippen molar-refractivity contribution in [3.05, 3.63) is 37.2 Å². The van der Waals surface area contributed by atoms with Crippen LogP contribution in [0.25, 0.3) is 6.08 Å². The van der Waals surface area contributed by atoms with Crippen LogP contribution in [-0.4, -0.2) is 56.5 Å². The molecule has 1 aromatic rings. The Bertz CT molecular complexity index is 911. The van der Waals surface area contributed by atoms with Crippen LogP contribution in [0.5, 0.6) is 5.75 Å². The summed E-state index contributed by atoms with van der Waals surface area (Å²) in [6, 6.07) is 2.51. The van der Waals surface area contributed by atoms with Gasteiger partial charge in [-0.2, -0.15) is 0 Å². The van der Waals surface area contributed by atoms with E-state index in [2.05, 4.69) is 15.9 Å². The molecular formula is C18H18BrN3O6S. The van der Waals surface area contributed by atoms with E-state index in [-0.39, 0.29) is 27.4 Å². The van der Waals surface area contributed by atoms with Crippen LogP contribution in [0.4, 0.5) is 10.5 Å². The second kappa shape index (κ2) is 8.95. The van der Waals surface area contributed by atoms with Crippen molar-refractivity contribution < 1.29 is 24.4 Å². The maximum absolute atomic E-state index is 12.6. The number of nitro benzene ring substituents is 1.